The summed E-state index contributed by atoms with van der Waals surface area (Å²) in [6.07, 6.45) is 0.754. The third kappa shape index (κ3) is 4.52. The van der Waals surface area contributed by atoms with E-state index in [1.807, 2.05) is 33.2 Å². The normalized spacial score (nSPS) is 18.7. The van der Waals surface area contributed by atoms with Crippen LogP contribution in [0.15, 0.2) is 54.1 Å². The third-order valence-corrected chi connectivity index (χ3v) is 5.38. The van der Waals surface area contributed by atoms with Crippen LogP contribution >= 0.6 is 11.6 Å². The van der Waals surface area contributed by atoms with Crippen molar-refractivity contribution in [1.82, 2.24) is 4.90 Å². The maximum atomic E-state index is 12.9. The van der Waals surface area contributed by atoms with Crippen LogP contribution in [0, 0.1) is 6.92 Å². The van der Waals surface area contributed by atoms with Crippen LogP contribution in [0.1, 0.15) is 29.2 Å². The van der Waals surface area contributed by atoms with E-state index < -0.39 is 17.7 Å². The van der Waals surface area contributed by atoms with Crippen LogP contribution in [0.2, 0.25) is 5.02 Å². The number of ketones is 1. The van der Waals surface area contributed by atoms with Crippen LogP contribution < -0.4 is 4.90 Å². The molecule has 1 atom stereocenters. The van der Waals surface area contributed by atoms with E-state index in [0.717, 1.165) is 24.1 Å². The van der Waals surface area contributed by atoms with Crippen molar-refractivity contribution in [1.29, 1.82) is 0 Å². The van der Waals surface area contributed by atoms with Gasteiger partial charge in [-0.1, -0.05) is 53.6 Å². The van der Waals surface area contributed by atoms with Gasteiger partial charge in [0.25, 0.3) is 11.7 Å². The molecule has 1 aliphatic rings. The Morgan fingerprint density at radius 1 is 1.07 bits per heavy atom. The Kier molecular flexibility index (Phi) is 6.40. The highest BCUT2D eigenvalue weighted by Crippen LogP contribution is 2.39. The van der Waals surface area contributed by atoms with E-state index in [0.29, 0.717) is 17.1 Å². The molecule has 0 unspecified atom stereocenters. The molecule has 1 heterocycles. The Labute approximate surface area is 176 Å². The summed E-state index contributed by atoms with van der Waals surface area (Å²) in [7, 11) is 4.09. The lowest BCUT2D eigenvalue weighted by Gasteiger charge is -2.25. The quantitative estimate of drug-likeness (QED) is 0.434. The minimum Gasteiger partial charge on any atom is -0.507 e. The standard InChI is InChI=1S/C23H25ClN2O3/c1-15-5-7-17(8-6-15)21(27)19-20(16-9-11-18(24)12-10-16)26(23(29)22(19)28)14-4-13-25(2)3/h5-12,20,27H,4,13-14H2,1-3H3/p+1/t20-/m0/s1. The zero-order valence-electron chi connectivity index (χ0n) is 16.9. The number of amides is 1. The van der Waals surface area contributed by atoms with E-state index in [1.165, 1.54) is 4.90 Å². The molecule has 1 amide bonds. The first-order valence-corrected chi connectivity index (χ1v) is 10.1. The molecule has 1 aliphatic heterocycles. The molecule has 6 heteroatoms. The third-order valence-electron chi connectivity index (χ3n) is 5.13. The van der Waals surface area contributed by atoms with Crippen molar-refractivity contribution in [3.05, 3.63) is 75.8 Å². The molecule has 2 N–H and O–H groups in total. The lowest BCUT2D eigenvalue weighted by molar-refractivity contribution is -0.858. The molecular weight excluding hydrogens is 388 g/mol. The molecule has 0 spiro atoms. The van der Waals surface area contributed by atoms with Gasteiger partial charge in [0.15, 0.2) is 0 Å². The second-order valence-electron chi connectivity index (χ2n) is 7.72. The van der Waals surface area contributed by atoms with Crippen molar-refractivity contribution in [3.8, 4) is 0 Å². The number of nitrogens with one attached hydrogen (secondary N) is 1. The van der Waals surface area contributed by atoms with Crippen LogP contribution in [0.25, 0.3) is 5.76 Å². The molecule has 3 rings (SSSR count). The Bertz CT molecular complexity index is 934. The highest BCUT2D eigenvalue weighted by molar-refractivity contribution is 6.46. The average molecular weight is 414 g/mol. The number of aryl methyl sites for hydroxylation is 1. The highest BCUT2D eigenvalue weighted by Gasteiger charge is 2.45. The predicted molar refractivity (Wildman–Crippen MR) is 114 cm³/mol. The molecule has 1 fully saturated rings. The Balaban J connectivity index is 2.07. The number of rotatable bonds is 6. The van der Waals surface area contributed by atoms with Gasteiger partial charge in [-0.05, 0) is 24.6 Å². The summed E-state index contributed by atoms with van der Waals surface area (Å²) in [6.45, 7) is 3.26. The van der Waals surface area contributed by atoms with Gasteiger partial charge < -0.3 is 14.9 Å². The monoisotopic (exact) mass is 413 g/mol. The van der Waals surface area contributed by atoms with Gasteiger partial charge in [0, 0.05) is 23.6 Å². The van der Waals surface area contributed by atoms with Crippen molar-refractivity contribution in [3.63, 3.8) is 0 Å². The molecule has 1 saturated heterocycles. The van der Waals surface area contributed by atoms with Gasteiger partial charge in [-0.25, -0.2) is 0 Å². The van der Waals surface area contributed by atoms with E-state index >= 15 is 0 Å². The van der Waals surface area contributed by atoms with Crippen molar-refractivity contribution in [2.24, 2.45) is 0 Å². The van der Waals surface area contributed by atoms with Crippen LogP contribution in [-0.4, -0.2) is 48.9 Å². The van der Waals surface area contributed by atoms with E-state index in [1.54, 1.807) is 41.3 Å². The van der Waals surface area contributed by atoms with Gasteiger partial charge in [0.2, 0.25) is 0 Å². The SMILES string of the molecule is Cc1ccc(C(O)=C2C(=O)C(=O)N(CCC[NH+](C)C)[C@H]2c2ccc(Cl)cc2)cc1. The summed E-state index contributed by atoms with van der Waals surface area (Å²) >= 11 is 6.03. The van der Waals surface area contributed by atoms with E-state index in [-0.39, 0.29) is 11.3 Å². The number of nitrogens with zero attached hydrogens (tertiary/aromatic N) is 1. The maximum absolute atomic E-state index is 12.9. The summed E-state index contributed by atoms with van der Waals surface area (Å²) in [5.41, 5.74) is 2.44. The van der Waals surface area contributed by atoms with Gasteiger partial charge in [-0.15, -0.1) is 0 Å². The molecule has 0 aromatic heterocycles. The summed E-state index contributed by atoms with van der Waals surface area (Å²) in [6, 6.07) is 13.7. The van der Waals surface area contributed by atoms with Crippen molar-refractivity contribution >= 4 is 29.1 Å². The Hall–Kier alpha value is -2.63. The molecule has 0 radical (unpaired) electrons. The Morgan fingerprint density at radius 2 is 1.69 bits per heavy atom. The molecule has 152 valence electrons. The second-order valence-corrected chi connectivity index (χ2v) is 8.16. The first kappa shape index (κ1) is 21.1. The first-order valence-electron chi connectivity index (χ1n) is 9.69. The summed E-state index contributed by atoms with van der Waals surface area (Å²) < 4.78 is 0. The van der Waals surface area contributed by atoms with Gasteiger partial charge in [0.05, 0.1) is 32.3 Å². The topological polar surface area (TPSA) is 62.0 Å². The number of hydrogen-bond donors (Lipinski definition) is 2. The van der Waals surface area contributed by atoms with E-state index in [9.17, 15) is 14.7 Å². The zero-order chi connectivity index (χ0) is 21.1. The van der Waals surface area contributed by atoms with E-state index in [2.05, 4.69) is 0 Å². The van der Waals surface area contributed by atoms with Crippen molar-refractivity contribution < 1.29 is 19.6 Å². The van der Waals surface area contributed by atoms with Gasteiger partial charge >= 0.3 is 0 Å². The number of benzene rings is 2. The number of carbonyl (C=O) groups excluding carboxylic acids is 2. The summed E-state index contributed by atoms with van der Waals surface area (Å²) in [5, 5.41) is 11.5. The molecular formula is C23H26ClN2O3+. The molecule has 2 aromatic rings. The maximum Gasteiger partial charge on any atom is 0.295 e. The molecule has 0 bridgehead atoms. The molecule has 0 saturated carbocycles. The van der Waals surface area contributed by atoms with Crippen LogP contribution in [-0.2, 0) is 9.59 Å². The number of halogens is 1. The smallest absolute Gasteiger partial charge is 0.295 e. The van der Waals surface area contributed by atoms with Crippen LogP contribution in [0.5, 0.6) is 0 Å². The zero-order valence-corrected chi connectivity index (χ0v) is 17.7. The number of aliphatic hydroxyl groups excluding tert-OH is 1. The van der Waals surface area contributed by atoms with Crippen LogP contribution in [0.4, 0.5) is 0 Å². The molecule has 0 aliphatic carbocycles. The minimum atomic E-state index is -0.653. The van der Waals surface area contributed by atoms with Gasteiger partial charge in [-0.2, -0.15) is 0 Å². The average Bonchev–Trinajstić information content (AvgIpc) is 2.93. The molecule has 29 heavy (non-hydrogen) atoms. The highest BCUT2D eigenvalue weighted by atomic mass is 35.5. The second kappa shape index (κ2) is 8.80. The largest absolute Gasteiger partial charge is 0.507 e. The van der Waals surface area contributed by atoms with Crippen molar-refractivity contribution in [2.45, 2.75) is 19.4 Å². The Morgan fingerprint density at radius 3 is 2.28 bits per heavy atom. The van der Waals surface area contributed by atoms with E-state index in [4.69, 9.17) is 11.6 Å². The summed E-state index contributed by atoms with van der Waals surface area (Å²) in [5.74, 6) is -1.38. The van der Waals surface area contributed by atoms with Gasteiger partial charge in [0.1, 0.15) is 5.76 Å². The number of aliphatic hydroxyl groups is 1. The van der Waals surface area contributed by atoms with Gasteiger partial charge in [-0.3, -0.25) is 9.59 Å². The predicted octanol–water partition coefficient (Wildman–Crippen LogP) is 2.60. The van der Waals surface area contributed by atoms with Crippen molar-refractivity contribution in [2.75, 3.05) is 27.2 Å². The fraction of sp³-hybridized carbons (Fsp3) is 0.304. The summed E-state index contributed by atoms with van der Waals surface area (Å²) in [4.78, 5) is 28.6. The number of hydrogen-bond acceptors (Lipinski definition) is 3. The lowest BCUT2D eigenvalue weighted by atomic mass is 9.95. The number of Topliss-reactive ketones (excluding diaryl/α,β-unsaturated/α-hetero) is 1. The fourth-order valence-corrected chi connectivity index (χ4v) is 3.70. The fourth-order valence-electron chi connectivity index (χ4n) is 3.57. The number of carbonyl (C=O) groups is 2. The minimum absolute atomic E-state index is 0.123. The van der Waals surface area contributed by atoms with Crippen LogP contribution in [0.3, 0.4) is 0 Å². The first-order chi connectivity index (χ1) is 13.8. The molecule has 2 aromatic carbocycles. The number of likely N-dealkylation sites (tertiary alicyclic amines) is 1. The molecule has 5 nitrogen and oxygen atoms in total. The lowest BCUT2D eigenvalue weighted by Crippen LogP contribution is -3.05. The number of quaternary nitrogens is 1.